The molecule has 0 amide bonds. The maximum absolute atomic E-state index is 11.3. The number of aromatic nitrogens is 2. The smallest absolute Gasteiger partial charge is 0.170 e. The zero-order valence-corrected chi connectivity index (χ0v) is 21.4. The van der Waals surface area contributed by atoms with Gasteiger partial charge in [-0.3, -0.25) is 4.79 Å². The lowest BCUT2D eigenvalue weighted by atomic mass is 10.1. The first-order chi connectivity index (χ1) is 15.8. The van der Waals surface area contributed by atoms with Gasteiger partial charge in [0.05, 0.1) is 0 Å². The fourth-order valence-electron chi connectivity index (χ4n) is 4.04. The van der Waals surface area contributed by atoms with Gasteiger partial charge in [-0.05, 0) is 64.5 Å². The molecule has 1 aromatic carbocycles. The molecule has 0 bridgehead atoms. The Morgan fingerprint density at radius 3 is 2.33 bits per heavy atom. The van der Waals surface area contributed by atoms with Crippen LogP contribution in [0.25, 0.3) is 0 Å². The van der Waals surface area contributed by atoms with Crippen LogP contribution in [-0.2, 0) is 24.7 Å². The number of aldehydes is 1. The molecule has 1 aromatic heterocycles. The van der Waals surface area contributed by atoms with E-state index in [0.29, 0.717) is 11.7 Å². The Morgan fingerprint density at radius 2 is 1.73 bits per heavy atom. The highest BCUT2D eigenvalue weighted by atomic mass is 16.1. The van der Waals surface area contributed by atoms with E-state index in [1.54, 1.807) is 0 Å². The van der Waals surface area contributed by atoms with Crippen molar-refractivity contribution in [3.8, 4) is 0 Å². The zero-order chi connectivity index (χ0) is 24.8. The number of aryl methyl sites for hydroxylation is 2. The Hall–Kier alpha value is -2.51. The first kappa shape index (κ1) is 28.5. The molecule has 1 aliphatic rings. The van der Waals surface area contributed by atoms with Crippen LogP contribution in [0.1, 0.15) is 65.6 Å². The second-order valence-corrected chi connectivity index (χ2v) is 9.06. The van der Waals surface area contributed by atoms with Gasteiger partial charge < -0.3 is 24.5 Å². The van der Waals surface area contributed by atoms with Crippen molar-refractivity contribution in [3.63, 3.8) is 0 Å². The van der Waals surface area contributed by atoms with Gasteiger partial charge in [0.25, 0.3) is 0 Å². The normalized spacial score (nSPS) is 14.1. The van der Waals surface area contributed by atoms with E-state index < -0.39 is 0 Å². The van der Waals surface area contributed by atoms with Gasteiger partial charge >= 0.3 is 0 Å². The third-order valence-corrected chi connectivity index (χ3v) is 5.60. The highest BCUT2D eigenvalue weighted by Crippen LogP contribution is 2.30. The molecule has 0 saturated carbocycles. The topological polar surface area (TPSA) is 70.5 Å². The second kappa shape index (κ2) is 15.3. The fourth-order valence-corrected chi connectivity index (χ4v) is 4.04. The van der Waals surface area contributed by atoms with Crippen molar-refractivity contribution in [1.82, 2.24) is 19.8 Å². The van der Waals surface area contributed by atoms with E-state index in [2.05, 4.69) is 34.6 Å². The summed E-state index contributed by atoms with van der Waals surface area (Å²) in [6.07, 6.45) is 9.01. The monoisotopic (exact) mass is 457 g/mol. The minimum Gasteiger partial charge on any atom is -0.361 e. The lowest BCUT2D eigenvalue weighted by Gasteiger charge is -2.13. The van der Waals surface area contributed by atoms with Crippen molar-refractivity contribution < 1.29 is 9.59 Å². The predicted octanol–water partition coefficient (Wildman–Crippen LogP) is 3.67. The Bertz CT molecular complexity index is 829. The van der Waals surface area contributed by atoms with Gasteiger partial charge in [0.2, 0.25) is 0 Å². The van der Waals surface area contributed by atoms with Crippen molar-refractivity contribution >= 4 is 18.9 Å². The van der Waals surface area contributed by atoms with Crippen LogP contribution in [0, 0.1) is 0 Å². The van der Waals surface area contributed by atoms with Crippen molar-refractivity contribution in [2.24, 2.45) is 7.05 Å². The third kappa shape index (κ3) is 9.10. The lowest BCUT2D eigenvalue weighted by molar-refractivity contribution is -0.0980. The molecular formula is C26H43N5O2. The number of unbranched alkanes of at least 4 members (excludes halogenated alkanes) is 3. The van der Waals surface area contributed by atoms with Crippen LogP contribution in [0.15, 0.2) is 24.3 Å². The van der Waals surface area contributed by atoms with Crippen LogP contribution in [0.4, 0.5) is 5.82 Å². The van der Waals surface area contributed by atoms with Gasteiger partial charge in [-0.1, -0.05) is 37.1 Å². The van der Waals surface area contributed by atoms with Crippen LogP contribution < -0.4 is 10.2 Å². The highest BCUT2D eigenvalue weighted by Gasteiger charge is 2.20. The van der Waals surface area contributed by atoms with Crippen molar-refractivity contribution in [1.29, 1.82) is 0 Å². The number of hydrogen-bond donors (Lipinski definition) is 1. The summed E-state index contributed by atoms with van der Waals surface area (Å²) in [6, 6.07) is 9.35. The molecule has 1 heterocycles. The minimum absolute atomic E-state index is 0.542. The summed E-state index contributed by atoms with van der Waals surface area (Å²) in [6.45, 7) is 3.08. The number of fused-ring (bicyclic) bond motifs is 1. The van der Waals surface area contributed by atoms with Gasteiger partial charge in [0.1, 0.15) is 18.3 Å². The van der Waals surface area contributed by atoms with E-state index in [0.717, 1.165) is 37.3 Å². The first-order valence-electron chi connectivity index (χ1n) is 11.7. The molecule has 1 N–H and O–H groups in total. The maximum atomic E-state index is 11.3. The molecule has 1 unspecified atom stereocenters. The molecule has 0 spiro atoms. The van der Waals surface area contributed by atoms with Gasteiger partial charge in [-0.15, -0.1) is 0 Å². The number of carbonyl (C=O) groups is 2. The van der Waals surface area contributed by atoms with Crippen molar-refractivity contribution in [2.45, 2.75) is 51.0 Å². The quantitative estimate of drug-likeness (QED) is 0.434. The molecule has 0 saturated heterocycles. The van der Waals surface area contributed by atoms with Crippen LogP contribution in [0.5, 0.6) is 0 Å². The van der Waals surface area contributed by atoms with E-state index in [1.165, 1.54) is 43.2 Å². The Balaban J connectivity index is 0.000000820. The number of nitrogens with zero attached hydrogens (tertiary/aromatic N) is 4. The minimum atomic E-state index is 0.542. The number of nitrogens with one attached hydrogen (secondary N) is 1. The average molecular weight is 458 g/mol. The highest BCUT2D eigenvalue weighted by molar-refractivity contribution is 5.80. The van der Waals surface area contributed by atoms with Gasteiger partial charge in [-0.25, -0.2) is 4.98 Å². The Kier molecular flexibility index (Phi) is 13.3. The zero-order valence-electron chi connectivity index (χ0n) is 21.4. The van der Waals surface area contributed by atoms with Crippen molar-refractivity contribution in [3.05, 3.63) is 46.9 Å². The number of carbonyl (C=O) groups excluding carboxylic acids is 2. The van der Waals surface area contributed by atoms with Gasteiger partial charge in [0.15, 0.2) is 12.1 Å². The molecule has 1 aliphatic carbocycles. The Morgan fingerprint density at radius 1 is 1.09 bits per heavy atom. The molecular weight excluding hydrogens is 414 g/mol. The largest absolute Gasteiger partial charge is 0.361 e. The van der Waals surface area contributed by atoms with E-state index in [1.807, 2.05) is 63.4 Å². The van der Waals surface area contributed by atoms with E-state index in [9.17, 15) is 4.79 Å². The molecule has 0 fully saturated rings. The molecule has 0 aliphatic heterocycles. The summed E-state index contributed by atoms with van der Waals surface area (Å²) < 4.78 is 1.93. The van der Waals surface area contributed by atoms with Crippen LogP contribution in [-0.4, -0.2) is 69.3 Å². The van der Waals surface area contributed by atoms with Crippen molar-refractivity contribution in [2.75, 3.05) is 46.7 Å². The van der Waals surface area contributed by atoms with E-state index in [4.69, 9.17) is 4.79 Å². The van der Waals surface area contributed by atoms with Crippen LogP contribution in [0.2, 0.25) is 0 Å². The molecule has 33 heavy (non-hydrogen) atoms. The van der Waals surface area contributed by atoms with E-state index >= 15 is 0 Å². The number of imidazole rings is 1. The molecule has 184 valence electrons. The Labute approximate surface area is 200 Å². The fraction of sp³-hybridized carbons (Fsp3) is 0.577. The van der Waals surface area contributed by atoms with E-state index in [-0.39, 0.29) is 0 Å². The summed E-state index contributed by atoms with van der Waals surface area (Å²) in [4.78, 5) is 27.8. The summed E-state index contributed by atoms with van der Waals surface area (Å²) in [5.41, 5.74) is 3.67. The third-order valence-electron chi connectivity index (χ3n) is 5.60. The molecule has 3 rings (SSSR count). The van der Waals surface area contributed by atoms with Crippen LogP contribution in [0.3, 0.4) is 0 Å². The summed E-state index contributed by atoms with van der Waals surface area (Å²) in [5.74, 6) is 1.77. The first-order valence-corrected chi connectivity index (χ1v) is 11.7. The maximum Gasteiger partial charge on any atom is 0.170 e. The number of anilines is 1. The number of benzene rings is 1. The number of rotatable bonds is 10. The van der Waals surface area contributed by atoms with Crippen LogP contribution >= 0.6 is 0 Å². The SMILES string of the molecule is C=O.CN(C)C.CN(C)c1nc(CCCCCCNC2CCc3ccccc32)n(C)c1C=O. The lowest BCUT2D eigenvalue weighted by Crippen LogP contribution is -2.20. The van der Waals surface area contributed by atoms with Gasteiger partial charge in [-0.2, -0.15) is 0 Å². The molecule has 0 radical (unpaired) electrons. The summed E-state index contributed by atoms with van der Waals surface area (Å²) >= 11 is 0. The summed E-state index contributed by atoms with van der Waals surface area (Å²) in [5, 5.41) is 3.73. The molecule has 7 heteroatoms. The standard InChI is InChI=1S/C22H32N4O.C3H9N.CH2O/c1-25(2)22-20(16-27)26(3)21(24-22)12-6-4-5-9-15-23-19-14-13-17-10-7-8-11-18(17)19;1-4(2)3;1-2/h7-8,10-11,16,19,23H,4-6,9,12-15H2,1-3H3;1-3H3;1H2. The number of hydrogen-bond acceptors (Lipinski definition) is 6. The molecule has 2 aromatic rings. The second-order valence-electron chi connectivity index (χ2n) is 9.06. The predicted molar refractivity (Wildman–Crippen MR) is 137 cm³/mol. The molecule has 7 nitrogen and oxygen atoms in total. The summed E-state index contributed by atoms with van der Waals surface area (Å²) in [7, 11) is 11.8. The average Bonchev–Trinajstić information content (AvgIpc) is 3.35. The van der Waals surface area contributed by atoms with Gasteiger partial charge in [0, 0.05) is 33.6 Å². The molecule has 1 atom stereocenters.